The number of aromatic nitrogens is 2. The zero-order valence-electron chi connectivity index (χ0n) is 16.9. The van der Waals surface area contributed by atoms with Gasteiger partial charge in [-0.3, -0.25) is 9.59 Å². The second-order valence-corrected chi connectivity index (χ2v) is 8.89. The highest BCUT2D eigenvalue weighted by molar-refractivity contribution is 7.99. The maximum Gasteiger partial charge on any atom is 0.277 e. The summed E-state index contributed by atoms with van der Waals surface area (Å²) in [5.74, 6) is 0.752. The summed E-state index contributed by atoms with van der Waals surface area (Å²) >= 11 is 1.18. The number of nitrogens with zero attached hydrogens (tertiary/aromatic N) is 2. The minimum Gasteiger partial charge on any atom is -0.482 e. The number of carbonyl (C=O) groups excluding carboxylic acids is 2. The highest BCUT2D eigenvalue weighted by atomic mass is 32.2. The predicted molar refractivity (Wildman–Crippen MR) is 114 cm³/mol. The van der Waals surface area contributed by atoms with Crippen LogP contribution >= 0.6 is 11.8 Å². The van der Waals surface area contributed by atoms with Gasteiger partial charge >= 0.3 is 0 Å². The van der Waals surface area contributed by atoms with Crippen LogP contribution in [0.5, 0.6) is 5.75 Å². The fraction of sp³-hybridized carbons (Fsp3) is 0.273. The third kappa shape index (κ3) is 4.38. The number of rotatable bonds is 5. The SMILES string of the molecule is CC(C)(C)c1ccc(-c2nnc(SCC(=O)c3ccc4c(c3)NC(=O)CO4)o2)cc1. The van der Waals surface area contributed by atoms with Crippen LogP contribution in [0.2, 0.25) is 0 Å². The van der Waals surface area contributed by atoms with Crippen LogP contribution in [0.3, 0.4) is 0 Å². The van der Waals surface area contributed by atoms with Crippen molar-refractivity contribution in [3.05, 3.63) is 53.6 Å². The summed E-state index contributed by atoms with van der Waals surface area (Å²) in [6.07, 6.45) is 0. The van der Waals surface area contributed by atoms with Crippen molar-refractivity contribution in [3.63, 3.8) is 0 Å². The number of Topliss-reactive ketones (excluding diaryl/α,β-unsaturated/α-hetero) is 1. The van der Waals surface area contributed by atoms with E-state index in [4.69, 9.17) is 9.15 Å². The molecule has 1 aliphatic rings. The molecular weight excluding hydrogens is 402 g/mol. The number of hydrogen-bond donors (Lipinski definition) is 1. The minimum absolute atomic E-state index is 0.0193. The van der Waals surface area contributed by atoms with Gasteiger partial charge in [0.15, 0.2) is 12.4 Å². The first-order valence-corrected chi connectivity index (χ1v) is 10.5. The van der Waals surface area contributed by atoms with Crippen molar-refractivity contribution < 1.29 is 18.7 Å². The molecule has 0 saturated carbocycles. The number of amides is 1. The van der Waals surface area contributed by atoms with Crippen molar-refractivity contribution in [2.45, 2.75) is 31.4 Å². The first-order valence-electron chi connectivity index (χ1n) is 9.47. The highest BCUT2D eigenvalue weighted by Gasteiger charge is 2.19. The van der Waals surface area contributed by atoms with Crippen molar-refractivity contribution in [3.8, 4) is 17.2 Å². The van der Waals surface area contributed by atoms with Gasteiger partial charge in [-0.1, -0.05) is 44.7 Å². The first-order chi connectivity index (χ1) is 14.3. The van der Waals surface area contributed by atoms with Gasteiger partial charge in [0.1, 0.15) is 5.75 Å². The number of fused-ring (bicyclic) bond motifs is 1. The number of ether oxygens (including phenoxy) is 1. The molecule has 0 saturated heterocycles. The number of hydrogen-bond acceptors (Lipinski definition) is 7. The second kappa shape index (κ2) is 7.95. The molecule has 1 amide bonds. The van der Waals surface area contributed by atoms with Gasteiger partial charge in [-0.2, -0.15) is 0 Å². The van der Waals surface area contributed by atoms with E-state index in [1.807, 2.05) is 12.1 Å². The molecule has 0 spiro atoms. The van der Waals surface area contributed by atoms with E-state index in [2.05, 4.69) is 48.4 Å². The molecule has 30 heavy (non-hydrogen) atoms. The molecule has 1 aliphatic heterocycles. The fourth-order valence-corrected chi connectivity index (χ4v) is 3.62. The van der Waals surface area contributed by atoms with Crippen LogP contribution in [-0.2, 0) is 10.2 Å². The van der Waals surface area contributed by atoms with Gasteiger partial charge in [0.2, 0.25) is 5.89 Å². The van der Waals surface area contributed by atoms with Gasteiger partial charge in [0.05, 0.1) is 11.4 Å². The topological polar surface area (TPSA) is 94.3 Å². The summed E-state index contributed by atoms with van der Waals surface area (Å²) in [7, 11) is 0. The largest absolute Gasteiger partial charge is 0.482 e. The zero-order valence-corrected chi connectivity index (χ0v) is 17.7. The minimum atomic E-state index is -0.240. The van der Waals surface area contributed by atoms with E-state index < -0.39 is 0 Å². The molecule has 0 unspecified atom stereocenters. The van der Waals surface area contributed by atoms with Crippen LogP contribution in [0.1, 0.15) is 36.7 Å². The maximum absolute atomic E-state index is 12.5. The van der Waals surface area contributed by atoms with E-state index in [-0.39, 0.29) is 29.5 Å². The number of carbonyl (C=O) groups is 2. The lowest BCUT2D eigenvalue weighted by molar-refractivity contribution is -0.118. The van der Waals surface area contributed by atoms with Gasteiger partial charge in [-0.05, 0) is 41.3 Å². The Morgan fingerprint density at radius 1 is 1.13 bits per heavy atom. The number of anilines is 1. The Morgan fingerprint density at radius 2 is 1.90 bits per heavy atom. The Balaban J connectivity index is 1.40. The molecule has 3 aromatic rings. The Kier molecular flexibility index (Phi) is 5.34. The normalized spacial score (nSPS) is 13.4. The summed E-state index contributed by atoms with van der Waals surface area (Å²) < 4.78 is 11.0. The third-order valence-electron chi connectivity index (χ3n) is 4.67. The molecule has 7 nitrogen and oxygen atoms in total. The number of ketones is 1. The van der Waals surface area contributed by atoms with E-state index in [0.29, 0.717) is 28.1 Å². The molecule has 0 aliphatic carbocycles. The van der Waals surface area contributed by atoms with E-state index in [0.717, 1.165) is 5.56 Å². The standard InChI is InChI=1S/C22H21N3O4S/c1-22(2,3)15-7-4-13(5-8-15)20-24-25-21(29-20)30-12-17(26)14-6-9-18-16(10-14)23-19(27)11-28-18/h4-10H,11-12H2,1-3H3,(H,23,27). The molecule has 8 heteroatoms. The molecule has 0 bridgehead atoms. The fourth-order valence-electron chi connectivity index (χ4n) is 2.96. The van der Waals surface area contributed by atoms with E-state index in [1.54, 1.807) is 18.2 Å². The van der Waals surface area contributed by atoms with Crippen LogP contribution in [0.15, 0.2) is 52.1 Å². The molecule has 154 valence electrons. The van der Waals surface area contributed by atoms with Crippen LogP contribution in [0, 0.1) is 0 Å². The Morgan fingerprint density at radius 3 is 2.63 bits per heavy atom. The van der Waals surface area contributed by atoms with Gasteiger partial charge in [-0.25, -0.2) is 0 Å². The number of thioether (sulfide) groups is 1. The maximum atomic E-state index is 12.5. The Hall–Kier alpha value is -3.13. The summed E-state index contributed by atoms with van der Waals surface area (Å²) in [5.41, 5.74) is 3.10. The van der Waals surface area contributed by atoms with Crippen LogP contribution in [0.4, 0.5) is 5.69 Å². The van der Waals surface area contributed by atoms with Crippen LogP contribution in [0.25, 0.3) is 11.5 Å². The monoisotopic (exact) mass is 423 g/mol. The van der Waals surface area contributed by atoms with Gasteiger partial charge in [0, 0.05) is 11.1 Å². The average molecular weight is 423 g/mol. The van der Waals surface area contributed by atoms with Crippen LogP contribution < -0.4 is 10.1 Å². The lowest BCUT2D eigenvalue weighted by Crippen LogP contribution is -2.25. The predicted octanol–water partition coefficient (Wildman–Crippen LogP) is 4.34. The van der Waals surface area contributed by atoms with E-state index >= 15 is 0 Å². The third-order valence-corrected chi connectivity index (χ3v) is 5.48. The van der Waals surface area contributed by atoms with E-state index in [1.165, 1.54) is 17.3 Å². The average Bonchev–Trinajstić information content (AvgIpc) is 3.20. The Labute approximate surface area is 178 Å². The first kappa shape index (κ1) is 20.2. The summed E-state index contributed by atoms with van der Waals surface area (Å²) in [6, 6.07) is 13.0. The lowest BCUT2D eigenvalue weighted by Gasteiger charge is -2.18. The van der Waals surface area contributed by atoms with Crippen molar-refractivity contribution >= 4 is 29.1 Å². The molecule has 2 aromatic carbocycles. The lowest BCUT2D eigenvalue weighted by atomic mass is 9.87. The molecule has 0 radical (unpaired) electrons. The molecule has 4 rings (SSSR count). The van der Waals surface area contributed by atoms with E-state index in [9.17, 15) is 9.59 Å². The second-order valence-electron chi connectivity index (χ2n) is 7.96. The van der Waals surface area contributed by atoms with Crippen molar-refractivity contribution in [1.82, 2.24) is 10.2 Å². The van der Waals surface area contributed by atoms with Crippen LogP contribution in [-0.4, -0.2) is 34.2 Å². The molecule has 0 atom stereocenters. The van der Waals surface area contributed by atoms with Gasteiger partial charge < -0.3 is 14.5 Å². The molecule has 1 N–H and O–H groups in total. The molecular formula is C22H21N3O4S. The quantitative estimate of drug-likeness (QED) is 0.482. The highest BCUT2D eigenvalue weighted by Crippen LogP contribution is 2.30. The Bertz CT molecular complexity index is 1100. The van der Waals surface area contributed by atoms with Gasteiger partial charge in [-0.15, -0.1) is 10.2 Å². The number of benzene rings is 2. The zero-order chi connectivity index (χ0) is 21.3. The van der Waals surface area contributed by atoms with Crippen molar-refractivity contribution in [1.29, 1.82) is 0 Å². The summed E-state index contributed by atoms with van der Waals surface area (Å²) in [5, 5.41) is 11.1. The molecule has 2 heterocycles. The summed E-state index contributed by atoms with van der Waals surface area (Å²) in [6.45, 7) is 6.45. The van der Waals surface area contributed by atoms with Crippen molar-refractivity contribution in [2.75, 3.05) is 17.7 Å². The molecule has 0 fully saturated rings. The van der Waals surface area contributed by atoms with Gasteiger partial charge in [0.25, 0.3) is 11.1 Å². The number of nitrogens with one attached hydrogen (secondary N) is 1. The smallest absolute Gasteiger partial charge is 0.277 e. The van der Waals surface area contributed by atoms with Crippen molar-refractivity contribution in [2.24, 2.45) is 0 Å². The molecule has 1 aromatic heterocycles. The summed E-state index contributed by atoms with van der Waals surface area (Å²) in [4.78, 5) is 24.0.